The maximum absolute atomic E-state index is 12.6. The number of fused-ring (bicyclic) bond motifs is 1. The van der Waals surface area contributed by atoms with E-state index in [-0.39, 0.29) is 11.9 Å². The Hall–Kier alpha value is -1.46. The number of rotatable bonds is 1. The first-order chi connectivity index (χ1) is 9.16. The lowest BCUT2D eigenvalue weighted by atomic mass is 10.1. The molecule has 1 aliphatic heterocycles. The lowest BCUT2D eigenvalue weighted by Gasteiger charge is -2.38. The van der Waals surface area contributed by atoms with E-state index < -0.39 is 0 Å². The molecule has 1 aromatic carbocycles. The van der Waals surface area contributed by atoms with Crippen LogP contribution >= 0.6 is 11.3 Å². The summed E-state index contributed by atoms with van der Waals surface area (Å²) in [5.74, 6) is 0.121. The number of nitrogens with zero attached hydrogens (tertiary/aromatic N) is 2. The molecule has 1 aromatic heterocycles. The van der Waals surface area contributed by atoms with Crippen molar-refractivity contribution < 1.29 is 4.79 Å². The number of benzene rings is 1. The molecule has 4 nitrogen and oxygen atoms in total. The van der Waals surface area contributed by atoms with E-state index in [1.54, 1.807) is 11.3 Å². The van der Waals surface area contributed by atoms with Crippen molar-refractivity contribution in [2.45, 2.75) is 25.9 Å². The van der Waals surface area contributed by atoms with E-state index in [2.05, 4.69) is 24.1 Å². The molecule has 3 rings (SSSR count). The summed E-state index contributed by atoms with van der Waals surface area (Å²) in [7, 11) is 0. The number of piperazine rings is 1. The van der Waals surface area contributed by atoms with Crippen LogP contribution in [0, 0.1) is 0 Å². The zero-order chi connectivity index (χ0) is 13.4. The zero-order valence-electron chi connectivity index (χ0n) is 11.1. The van der Waals surface area contributed by atoms with Crippen LogP contribution in [0.3, 0.4) is 0 Å². The first-order valence-electron chi connectivity index (χ1n) is 6.54. The van der Waals surface area contributed by atoms with Crippen molar-refractivity contribution >= 4 is 27.5 Å². The van der Waals surface area contributed by atoms with Crippen LogP contribution in [0.4, 0.5) is 0 Å². The molecular weight excluding hydrogens is 258 g/mol. The summed E-state index contributed by atoms with van der Waals surface area (Å²) >= 11 is 1.57. The number of carbonyl (C=O) groups excluding carboxylic acids is 1. The lowest BCUT2D eigenvalue weighted by molar-refractivity contribution is 0.0603. The summed E-state index contributed by atoms with van der Waals surface area (Å²) in [5, 5.41) is 3.39. The minimum atomic E-state index is 0.121. The summed E-state index contributed by atoms with van der Waals surface area (Å²) in [5.41, 5.74) is 3.54. The largest absolute Gasteiger partial charge is 0.333 e. The van der Waals surface area contributed by atoms with Gasteiger partial charge in [0.1, 0.15) is 0 Å². The van der Waals surface area contributed by atoms with Crippen molar-refractivity contribution in [3.8, 4) is 0 Å². The number of hydrogen-bond donors (Lipinski definition) is 1. The van der Waals surface area contributed by atoms with Crippen molar-refractivity contribution in [2.24, 2.45) is 0 Å². The molecule has 1 amide bonds. The van der Waals surface area contributed by atoms with E-state index in [9.17, 15) is 4.79 Å². The molecule has 2 atom stereocenters. The number of carbonyl (C=O) groups is 1. The fourth-order valence-corrected chi connectivity index (χ4v) is 3.21. The Balaban J connectivity index is 1.90. The third-order valence-corrected chi connectivity index (χ3v) is 4.67. The minimum Gasteiger partial charge on any atom is -0.333 e. The quantitative estimate of drug-likeness (QED) is 0.867. The molecule has 100 valence electrons. The Morgan fingerprint density at radius 1 is 1.47 bits per heavy atom. The van der Waals surface area contributed by atoms with E-state index in [0.29, 0.717) is 6.04 Å². The SMILES string of the molecule is CC1NCCN(C(=O)c2ccc3ncsc3c2)C1C. The van der Waals surface area contributed by atoms with Crippen LogP contribution in [0.1, 0.15) is 24.2 Å². The Morgan fingerprint density at radius 2 is 2.32 bits per heavy atom. The van der Waals surface area contributed by atoms with Crippen molar-refractivity contribution in [3.05, 3.63) is 29.3 Å². The average Bonchev–Trinajstić information content (AvgIpc) is 2.88. The third kappa shape index (κ3) is 2.24. The summed E-state index contributed by atoms with van der Waals surface area (Å²) < 4.78 is 1.07. The maximum Gasteiger partial charge on any atom is 0.254 e. The summed E-state index contributed by atoms with van der Waals surface area (Å²) in [6, 6.07) is 6.32. The summed E-state index contributed by atoms with van der Waals surface area (Å²) in [6.45, 7) is 5.85. The summed E-state index contributed by atoms with van der Waals surface area (Å²) in [6.07, 6.45) is 0. The number of hydrogen-bond acceptors (Lipinski definition) is 4. The molecule has 0 aliphatic carbocycles. The second kappa shape index (κ2) is 4.90. The van der Waals surface area contributed by atoms with Gasteiger partial charge >= 0.3 is 0 Å². The van der Waals surface area contributed by atoms with Gasteiger partial charge in [-0.3, -0.25) is 4.79 Å². The Bertz CT molecular complexity index is 610. The van der Waals surface area contributed by atoms with E-state index in [4.69, 9.17) is 0 Å². The second-order valence-corrected chi connectivity index (χ2v) is 5.90. The van der Waals surface area contributed by atoms with Gasteiger partial charge in [0, 0.05) is 30.7 Å². The van der Waals surface area contributed by atoms with Gasteiger partial charge in [0.25, 0.3) is 5.91 Å². The van der Waals surface area contributed by atoms with Crippen molar-refractivity contribution in [1.29, 1.82) is 0 Å². The Labute approximate surface area is 116 Å². The van der Waals surface area contributed by atoms with E-state index in [1.807, 2.05) is 28.6 Å². The molecule has 2 heterocycles. The fourth-order valence-electron chi connectivity index (χ4n) is 2.50. The number of thiazole rings is 1. The highest BCUT2D eigenvalue weighted by molar-refractivity contribution is 7.16. The predicted molar refractivity (Wildman–Crippen MR) is 77.6 cm³/mol. The predicted octanol–water partition coefficient (Wildman–Crippen LogP) is 2.12. The molecule has 0 radical (unpaired) electrons. The van der Waals surface area contributed by atoms with Crippen LogP contribution in [0.5, 0.6) is 0 Å². The van der Waals surface area contributed by atoms with Gasteiger partial charge in [-0.15, -0.1) is 11.3 Å². The smallest absolute Gasteiger partial charge is 0.254 e. The van der Waals surface area contributed by atoms with Gasteiger partial charge in [0.15, 0.2) is 0 Å². The highest BCUT2D eigenvalue weighted by atomic mass is 32.1. The standard InChI is InChI=1S/C14H17N3OS/c1-9-10(2)17(6-5-15-9)14(18)11-3-4-12-13(7-11)19-8-16-12/h3-4,7-10,15H,5-6H2,1-2H3. The van der Waals surface area contributed by atoms with Gasteiger partial charge in [0.2, 0.25) is 0 Å². The minimum absolute atomic E-state index is 0.121. The van der Waals surface area contributed by atoms with Gasteiger partial charge in [-0.2, -0.15) is 0 Å². The number of amides is 1. The van der Waals surface area contributed by atoms with Gasteiger partial charge in [-0.05, 0) is 32.0 Å². The zero-order valence-corrected chi connectivity index (χ0v) is 11.9. The van der Waals surface area contributed by atoms with Crippen LogP contribution in [0.25, 0.3) is 10.2 Å². The van der Waals surface area contributed by atoms with Crippen molar-refractivity contribution in [1.82, 2.24) is 15.2 Å². The average molecular weight is 275 g/mol. The van der Waals surface area contributed by atoms with Crippen LogP contribution < -0.4 is 5.32 Å². The molecule has 1 fully saturated rings. The van der Waals surface area contributed by atoms with Crippen molar-refractivity contribution in [2.75, 3.05) is 13.1 Å². The number of aromatic nitrogens is 1. The van der Waals surface area contributed by atoms with E-state index in [0.717, 1.165) is 28.9 Å². The first kappa shape index (κ1) is 12.6. The van der Waals surface area contributed by atoms with E-state index >= 15 is 0 Å². The van der Waals surface area contributed by atoms with Crippen LogP contribution in [0.15, 0.2) is 23.7 Å². The normalized spacial score (nSPS) is 23.8. The lowest BCUT2D eigenvalue weighted by Crippen LogP contribution is -2.57. The first-order valence-corrected chi connectivity index (χ1v) is 7.42. The van der Waals surface area contributed by atoms with Gasteiger partial charge in [0.05, 0.1) is 15.7 Å². The van der Waals surface area contributed by atoms with Gasteiger partial charge in [-0.25, -0.2) is 4.98 Å². The Kier molecular flexibility index (Phi) is 3.24. The maximum atomic E-state index is 12.6. The molecule has 1 N–H and O–H groups in total. The molecule has 2 aromatic rings. The van der Waals surface area contributed by atoms with Gasteiger partial charge < -0.3 is 10.2 Å². The molecular formula is C14H17N3OS. The highest BCUT2D eigenvalue weighted by Crippen LogP contribution is 2.21. The van der Waals surface area contributed by atoms with E-state index in [1.165, 1.54) is 0 Å². The molecule has 0 saturated carbocycles. The second-order valence-electron chi connectivity index (χ2n) is 5.02. The van der Waals surface area contributed by atoms with Crippen LogP contribution in [-0.4, -0.2) is 41.0 Å². The topological polar surface area (TPSA) is 45.2 Å². The number of nitrogens with one attached hydrogen (secondary N) is 1. The molecule has 0 spiro atoms. The molecule has 0 bridgehead atoms. The molecule has 19 heavy (non-hydrogen) atoms. The molecule has 1 saturated heterocycles. The van der Waals surface area contributed by atoms with Gasteiger partial charge in [-0.1, -0.05) is 0 Å². The Morgan fingerprint density at radius 3 is 3.16 bits per heavy atom. The monoisotopic (exact) mass is 275 g/mol. The van der Waals surface area contributed by atoms with Crippen LogP contribution in [0.2, 0.25) is 0 Å². The fraction of sp³-hybridized carbons (Fsp3) is 0.429. The third-order valence-electron chi connectivity index (χ3n) is 3.87. The molecule has 1 aliphatic rings. The molecule has 2 unspecified atom stereocenters. The van der Waals surface area contributed by atoms with Crippen molar-refractivity contribution in [3.63, 3.8) is 0 Å². The molecule has 5 heteroatoms. The highest BCUT2D eigenvalue weighted by Gasteiger charge is 2.28. The van der Waals surface area contributed by atoms with Crippen LogP contribution in [-0.2, 0) is 0 Å². The summed E-state index contributed by atoms with van der Waals surface area (Å²) in [4.78, 5) is 18.8.